The molecule has 0 aliphatic heterocycles. The van der Waals surface area contributed by atoms with Gasteiger partial charge in [0.25, 0.3) is 0 Å². The van der Waals surface area contributed by atoms with Gasteiger partial charge in [-0.25, -0.2) is 0 Å². The first-order valence-corrected chi connectivity index (χ1v) is 6.79. The van der Waals surface area contributed by atoms with Crippen LogP contribution in [0.5, 0.6) is 5.75 Å². The van der Waals surface area contributed by atoms with Gasteiger partial charge in [-0.05, 0) is 18.5 Å². The van der Waals surface area contributed by atoms with Crippen molar-refractivity contribution in [3.8, 4) is 5.75 Å². The van der Waals surface area contributed by atoms with E-state index >= 15 is 0 Å². The number of hydrogen-bond donors (Lipinski definition) is 0. The second kappa shape index (κ2) is 3.63. The van der Waals surface area contributed by atoms with Crippen LogP contribution in [0, 0.1) is 0 Å². The summed E-state index contributed by atoms with van der Waals surface area (Å²) in [7, 11) is -7.36. The molecule has 0 bridgehead atoms. The van der Waals surface area contributed by atoms with Gasteiger partial charge in [0.05, 0.1) is 7.11 Å². The Balaban J connectivity index is 3.54. The normalized spacial score (nSPS) is 15.7. The monoisotopic (exact) mass is 288 g/mol. The molecule has 0 saturated heterocycles. The van der Waals surface area contributed by atoms with E-state index in [1.165, 1.54) is 7.85 Å². The number of carbonyl (C=O) groups excluding carboxylic acids is 1. The quantitative estimate of drug-likeness (QED) is 0.481. The summed E-state index contributed by atoms with van der Waals surface area (Å²) in [5, 5.41) is 0. The zero-order valence-corrected chi connectivity index (χ0v) is 10.4. The number of Topliss-reactive ketones (excluding diaryl/α,β-unsaturated/α-hetero) is 1. The molecule has 0 saturated carbocycles. The number of carbonyl (C=O) groups is 1. The standard InChI is InChI=1S/C9H10BF5O2S/c1-17-7-2-6(9(16)5-10)3-8(4-7)18(11,12,13,14)15/h2-4H,5,10H2,1H3. The molecule has 1 rings (SSSR count). The average Bonchev–Trinajstić information content (AvgIpc) is 2.24. The van der Waals surface area contributed by atoms with Crippen molar-refractivity contribution in [2.75, 3.05) is 7.11 Å². The van der Waals surface area contributed by atoms with E-state index in [0.717, 1.165) is 13.2 Å². The minimum Gasteiger partial charge on any atom is -0.497 e. The fraction of sp³-hybridized carbons (Fsp3) is 0.222. The first kappa shape index (κ1) is 14.8. The fourth-order valence-corrected chi connectivity index (χ4v) is 1.97. The Hall–Kier alpha value is -1.25. The van der Waals surface area contributed by atoms with Crippen LogP contribution in [0.3, 0.4) is 0 Å². The summed E-state index contributed by atoms with van der Waals surface area (Å²) in [5.74, 6) is -1.10. The maximum atomic E-state index is 12.6. The molecular formula is C9H10BF5O2S. The number of benzene rings is 1. The van der Waals surface area contributed by atoms with Crippen LogP contribution in [0.15, 0.2) is 23.1 Å². The van der Waals surface area contributed by atoms with Crippen molar-refractivity contribution >= 4 is 23.9 Å². The molecule has 0 radical (unpaired) electrons. The number of halogens is 5. The molecular weight excluding hydrogens is 278 g/mol. The highest BCUT2D eigenvalue weighted by Gasteiger charge is 2.65. The summed E-state index contributed by atoms with van der Waals surface area (Å²) in [6.07, 6.45) is -0.0904. The molecule has 0 aromatic heterocycles. The van der Waals surface area contributed by atoms with Gasteiger partial charge in [0.1, 0.15) is 18.5 Å². The van der Waals surface area contributed by atoms with Crippen molar-refractivity contribution in [2.45, 2.75) is 11.2 Å². The van der Waals surface area contributed by atoms with E-state index in [1.807, 2.05) is 0 Å². The molecule has 0 aliphatic rings. The Bertz CT molecular complexity index is 499. The maximum Gasteiger partial charge on any atom is 0.310 e. The number of hydrogen-bond acceptors (Lipinski definition) is 2. The van der Waals surface area contributed by atoms with Crippen molar-refractivity contribution in [1.29, 1.82) is 0 Å². The Morgan fingerprint density at radius 1 is 1.22 bits per heavy atom. The van der Waals surface area contributed by atoms with Crippen molar-refractivity contribution in [2.24, 2.45) is 0 Å². The zero-order valence-electron chi connectivity index (χ0n) is 9.55. The van der Waals surface area contributed by atoms with Crippen molar-refractivity contribution in [3.63, 3.8) is 0 Å². The van der Waals surface area contributed by atoms with Crippen LogP contribution >= 0.6 is 10.2 Å². The van der Waals surface area contributed by atoms with Crippen LogP contribution in [0.25, 0.3) is 0 Å². The Morgan fingerprint density at radius 3 is 2.17 bits per heavy atom. The average molecular weight is 288 g/mol. The molecule has 2 nitrogen and oxygen atoms in total. The van der Waals surface area contributed by atoms with E-state index in [4.69, 9.17) is 0 Å². The zero-order chi connectivity index (χ0) is 14.3. The lowest BCUT2D eigenvalue weighted by Crippen LogP contribution is -2.08. The van der Waals surface area contributed by atoms with Gasteiger partial charge in [-0.2, -0.15) is 0 Å². The highest BCUT2D eigenvalue weighted by Crippen LogP contribution is 3.02. The van der Waals surface area contributed by atoms with Gasteiger partial charge >= 0.3 is 10.2 Å². The lowest BCUT2D eigenvalue weighted by atomic mass is 9.96. The van der Waals surface area contributed by atoms with Crippen molar-refractivity contribution < 1.29 is 29.0 Å². The first-order valence-electron chi connectivity index (χ1n) is 4.83. The molecule has 1 aromatic rings. The topological polar surface area (TPSA) is 26.3 Å². The summed E-state index contributed by atoms with van der Waals surface area (Å²) >= 11 is 0. The lowest BCUT2D eigenvalue weighted by Gasteiger charge is -2.40. The summed E-state index contributed by atoms with van der Waals surface area (Å²) in [6.45, 7) is 0. The lowest BCUT2D eigenvalue weighted by molar-refractivity contribution is 0.101. The van der Waals surface area contributed by atoms with Gasteiger partial charge in [-0.1, -0.05) is 19.4 Å². The van der Waals surface area contributed by atoms with Crippen LogP contribution < -0.4 is 4.74 Å². The molecule has 0 fully saturated rings. The predicted octanol–water partition coefficient (Wildman–Crippen LogP) is 3.59. The van der Waals surface area contributed by atoms with Gasteiger partial charge < -0.3 is 4.74 Å². The van der Waals surface area contributed by atoms with E-state index in [0.29, 0.717) is 0 Å². The van der Waals surface area contributed by atoms with E-state index in [1.54, 1.807) is 0 Å². The second-order valence-corrected chi connectivity index (χ2v) is 6.05. The minimum absolute atomic E-state index is 0.0904. The highest BCUT2D eigenvalue weighted by atomic mass is 32.5. The smallest absolute Gasteiger partial charge is 0.310 e. The molecule has 0 aliphatic carbocycles. The van der Waals surface area contributed by atoms with Gasteiger partial charge in [0, 0.05) is 11.6 Å². The molecule has 9 heteroatoms. The van der Waals surface area contributed by atoms with Crippen LogP contribution in [0.2, 0.25) is 6.32 Å². The van der Waals surface area contributed by atoms with Gasteiger partial charge in [-0.15, -0.1) is 0 Å². The van der Waals surface area contributed by atoms with Crippen molar-refractivity contribution in [3.05, 3.63) is 23.8 Å². The molecule has 0 unspecified atom stereocenters. The molecule has 102 valence electrons. The molecule has 18 heavy (non-hydrogen) atoms. The van der Waals surface area contributed by atoms with Gasteiger partial charge in [-0.3, -0.25) is 4.79 Å². The third-order valence-electron chi connectivity index (χ3n) is 2.20. The first-order chi connectivity index (χ1) is 7.87. The van der Waals surface area contributed by atoms with Crippen LogP contribution in [0.4, 0.5) is 19.4 Å². The molecule has 0 heterocycles. The van der Waals surface area contributed by atoms with Crippen LogP contribution in [0.1, 0.15) is 10.4 Å². The number of rotatable bonds is 4. The summed E-state index contributed by atoms with van der Waals surface area (Å²) in [5.41, 5.74) is -0.444. The van der Waals surface area contributed by atoms with Gasteiger partial charge in [0.15, 0.2) is 5.78 Å². The second-order valence-electron chi connectivity index (χ2n) is 3.64. The van der Waals surface area contributed by atoms with Gasteiger partial charge in [0.2, 0.25) is 0 Å². The molecule has 0 atom stereocenters. The molecule has 0 spiro atoms. The molecule has 1 aromatic carbocycles. The molecule has 0 amide bonds. The van der Waals surface area contributed by atoms with Crippen LogP contribution in [-0.4, -0.2) is 20.7 Å². The Kier molecular flexibility index (Phi) is 2.98. The number of ether oxygens (including phenoxy) is 1. The van der Waals surface area contributed by atoms with E-state index < -0.39 is 32.2 Å². The third kappa shape index (κ3) is 3.38. The van der Waals surface area contributed by atoms with Crippen molar-refractivity contribution in [1.82, 2.24) is 0 Å². The van der Waals surface area contributed by atoms with E-state index in [-0.39, 0.29) is 18.5 Å². The number of methoxy groups -OCH3 is 1. The largest absolute Gasteiger partial charge is 0.497 e. The van der Waals surface area contributed by atoms with Crippen LogP contribution in [-0.2, 0) is 0 Å². The Labute approximate surface area is 101 Å². The summed E-state index contributed by atoms with van der Waals surface area (Å²) in [4.78, 5) is 9.20. The van der Waals surface area contributed by atoms with E-state index in [2.05, 4.69) is 4.74 Å². The Morgan fingerprint density at radius 2 is 1.78 bits per heavy atom. The fourth-order valence-electron chi connectivity index (χ4n) is 1.28. The maximum absolute atomic E-state index is 12.6. The molecule has 0 N–H and O–H groups in total. The SMILES string of the molecule is BCC(=O)c1cc(OC)cc(S(F)(F)(F)(F)F)c1. The minimum atomic E-state index is -9.81. The summed E-state index contributed by atoms with van der Waals surface area (Å²) in [6, 6.07) is 1.35. The number of ketones is 1. The predicted molar refractivity (Wildman–Crippen MR) is 62.1 cm³/mol. The third-order valence-corrected chi connectivity index (χ3v) is 3.33. The highest BCUT2D eigenvalue weighted by molar-refractivity contribution is 8.45. The van der Waals surface area contributed by atoms with E-state index in [9.17, 15) is 24.2 Å². The summed E-state index contributed by atoms with van der Waals surface area (Å²) < 4.78 is 67.7.